The number of carbonyl (C=O) groups is 2. The van der Waals surface area contributed by atoms with Crippen LogP contribution in [0.3, 0.4) is 0 Å². The van der Waals surface area contributed by atoms with Gasteiger partial charge < -0.3 is 19.5 Å². The van der Waals surface area contributed by atoms with Gasteiger partial charge >= 0.3 is 19.5 Å². The topological polar surface area (TPSA) is 82.8 Å². The summed E-state index contributed by atoms with van der Waals surface area (Å²) in [6.07, 6.45) is 5.17. The number of aromatic carboxylic acids is 1. The van der Waals surface area contributed by atoms with E-state index in [9.17, 15) is 9.59 Å². The van der Waals surface area contributed by atoms with Gasteiger partial charge in [0.15, 0.2) is 0 Å². The number of aromatic nitrogens is 1. The number of aliphatic carboxylic acids is 1. The van der Waals surface area contributed by atoms with E-state index in [-0.39, 0.29) is 5.56 Å². The standard InChI is InChI=1S/C11H8BN2O4/c15-10(16)6-1-8-3-9-2-7(11(17)18)5-14(9)12-13(8)4-6/h1,3-5H,2H2,(H,15,16)(H,17,18). The fourth-order valence-electron chi connectivity index (χ4n) is 2.08. The van der Waals surface area contributed by atoms with Crippen molar-refractivity contribution < 1.29 is 19.8 Å². The Morgan fingerprint density at radius 1 is 1.28 bits per heavy atom. The lowest BCUT2D eigenvalue weighted by Gasteiger charge is -2.22. The zero-order valence-corrected chi connectivity index (χ0v) is 9.20. The van der Waals surface area contributed by atoms with Crippen molar-refractivity contribution in [2.45, 2.75) is 6.42 Å². The van der Waals surface area contributed by atoms with Gasteiger partial charge in [0.05, 0.1) is 11.1 Å². The summed E-state index contributed by atoms with van der Waals surface area (Å²) in [6, 6.07) is 1.56. The van der Waals surface area contributed by atoms with Crippen molar-refractivity contribution in [1.82, 2.24) is 9.29 Å². The van der Waals surface area contributed by atoms with E-state index in [1.807, 2.05) is 0 Å². The fourth-order valence-corrected chi connectivity index (χ4v) is 2.08. The molecule has 0 bridgehead atoms. The fraction of sp³-hybridized carbons (Fsp3) is 0.0909. The van der Waals surface area contributed by atoms with Crippen LogP contribution >= 0.6 is 0 Å². The minimum absolute atomic E-state index is 0.210. The van der Waals surface area contributed by atoms with Crippen LogP contribution in [0.5, 0.6) is 0 Å². The highest BCUT2D eigenvalue weighted by Crippen LogP contribution is 2.30. The monoisotopic (exact) mass is 243 g/mol. The second-order valence-corrected chi connectivity index (χ2v) is 4.16. The molecule has 0 atom stereocenters. The van der Waals surface area contributed by atoms with E-state index < -0.39 is 11.9 Å². The van der Waals surface area contributed by atoms with Crippen molar-refractivity contribution in [2.24, 2.45) is 0 Å². The summed E-state index contributed by atoms with van der Waals surface area (Å²) >= 11 is 0. The first-order valence-electron chi connectivity index (χ1n) is 5.27. The number of carboxylic acids is 2. The predicted molar refractivity (Wildman–Crippen MR) is 62.7 cm³/mol. The number of hydrogen-bond donors (Lipinski definition) is 2. The van der Waals surface area contributed by atoms with E-state index in [0.29, 0.717) is 12.0 Å². The highest BCUT2D eigenvalue weighted by Gasteiger charge is 2.28. The Bertz CT molecular complexity index is 629. The Morgan fingerprint density at radius 2 is 2.06 bits per heavy atom. The first kappa shape index (κ1) is 10.7. The maximum Gasteiger partial charge on any atom is 0.400 e. The van der Waals surface area contributed by atoms with Gasteiger partial charge in [-0.3, -0.25) is 0 Å². The van der Waals surface area contributed by atoms with E-state index in [1.165, 1.54) is 12.4 Å². The van der Waals surface area contributed by atoms with Gasteiger partial charge in [0.2, 0.25) is 0 Å². The van der Waals surface area contributed by atoms with E-state index in [2.05, 4.69) is 0 Å². The van der Waals surface area contributed by atoms with Gasteiger partial charge in [0.1, 0.15) is 0 Å². The molecule has 89 valence electrons. The van der Waals surface area contributed by atoms with Crippen molar-refractivity contribution in [3.63, 3.8) is 0 Å². The van der Waals surface area contributed by atoms with Crippen LogP contribution in [0.1, 0.15) is 22.5 Å². The molecule has 2 N–H and O–H groups in total. The average Bonchev–Trinajstić information content (AvgIpc) is 2.87. The second kappa shape index (κ2) is 3.53. The second-order valence-electron chi connectivity index (χ2n) is 4.16. The van der Waals surface area contributed by atoms with Crippen LogP contribution in [0.25, 0.3) is 6.08 Å². The summed E-state index contributed by atoms with van der Waals surface area (Å²) in [5, 5.41) is 17.8. The summed E-state index contributed by atoms with van der Waals surface area (Å²) in [4.78, 5) is 23.4. The molecule has 1 aromatic rings. The molecule has 2 aliphatic rings. The quantitative estimate of drug-likeness (QED) is 0.743. The van der Waals surface area contributed by atoms with Gasteiger partial charge in [-0.05, 0) is 12.1 Å². The Balaban J connectivity index is 1.96. The summed E-state index contributed by atoms with van der Waals surface area (Å²) in [7, 11) is 1.67. The van der Waals surface area contributed by atoms with Crippen LogP contribution in [0, 0.1) is 0 Å². The summed E-state index contributed by atoms with van der Waals surface area (Å²) < 4.78 is 1.66. The lowest BCUT2D eigenvalue weighted by molar-refractivity contribution is -0.132. The normalized spacial score (nSPS) is 16.3. The number of rotatable bonds is 2. The Hall–Kier alpha value is -2.44. The molecule has 1 radical (unpaired) electrons. The summed E-state index contributed by atoms with van der Waals surface area (Å²) in [5.41, 5.74) is 2.09. The minimum atomic E-state index is -0.981. The maximum atomic E-state index is 10.9. The smallest absolute Gasteiger partial charge is 0.400 e. The number of hydrogen-bond acceptors (Lipinski definition) is 3. The van der Waals surface area contributed by atoms with Crippen LogP contribution in [-0.2, 0) is 4.79 Å². The van der Waals surface area contributed by atoms with Crippen molar-refractivity contribution in [3.8, 4) is 0 Å². The van der Waals surface area contributed by atoms with Crippen molar-refractivity contribution in [1.29, 1.82) is 0 Å². The maximum absolute atomic E-state index is 10.9. The van der Waals surface area contributed by atoms with Crippen molar-refractivity contribution in [3.05, 3.63) is 41.0 Å². The highest BCUT2D eigenvalue weighted by molar-refractivity contribution is 6.33. The first-order chi connectivity index (χ1) is 8.54. The van der Waals surface area contributed by atoms with Crippen molar-refractivity contribution in [2.75, 3.05) is 0 Å². The van der Waals surface area contributed by atoms with Gasteiger partial charge in [0, 0.05) is 30.2 Å². The molecule has 2 aliphatic heterocycles. The lowest BCUT2D eigenvalue weighted by Crippen LogP contribution is -2.28. The van der Waals surface area contributed by atoms with Crippen LogP contribution in [0.15, 0.2) is 29.7 Å². The SMILES string of the molecule is O=C(O)C1=CN2[B]n3cc(C(=O)O)cc3C=C2C1. The molecular weight excluding hydrogens is 235 g/mol. The van der Waals surface area contributed by atoms with Gasteiger partial charge in [-0.25, -0.2) is 9.59 Å². The minimum Gasteiger partial charge on any atom is -0.478 e. The van der Waals surface area contributed by atoms with Gasteiger partial charge in [-0.15, -0.1) is 0 Å². The molecule has 3 rings (SSSR count). The zero-order chi connectivity index (χ0) is 12.9. The van der Waals surface area contributed by atoms with Crippen LogP contribution in [-0.4, -0.2) is 39.0 Å². The Morgan fingerprint density at radius 3 is 2.72 bits per heavy atom. The molecule has 0 unspecified atom stereocenters. The Kier molecular flexibility index (Phi) is 2.10. The van der Waals surface area contributed by atoms with Crippen LogP contribution < -0.4 is 0 Å². The Labute approximate surface area is 103 Å². The van der Waals surface area contributed by atoms with Gasteiger partial charge in [-0.1, -0.05) is 0 Å². The first-order valence-corrected chi connectivity index (χ1v) is 5.27. The average molecular weight is 243 g/mol. The zero-order valence-electron chi connectivity index (χ0n) is 9.20. The molecule has 18 heavy (non-hydrogen) atoms. The van der Waals surface area contributed by atoms with E-state index in [4.69, 9.17) is 10.2 Å². The van der Waals surface area contributed by atoms with Crippen LogP contribution in [0.4, 0.5) is 0 Å². The summed E-state index contributed by atoms with van der Waals surface area (Å²) in [5.74, 6) is -1.92. The van der Waals surface area contributed by atoms with E-state index in [0.717, 1.165) is 11.4 Å². The number of nitrogens with zero attached hydrogens (tertiary/aromatic N) is 2. The van der Waals surface area contributed by atoms with E-state index in [1.54, 1.807) is 29.0 Å². The molecule has 0 aromatic carbocycles. The molecule has 6 nitrogen and oxygen atoms in total. The van der Waals surface area contributed by atoms with Crippen LogP contribution in [0.2, 0.25) is 0 Å². The third-order valence-electron chi connectivity index (χ3n) is 2.96. The largest absolute Gasteiger partial charge is 0.478 e. The van der Waals surface area contributed by atoms with Crippen molar-refractivity contribution >= 4 is 25.6 Å². The molecular formula is C11H8BN2O4. The molecule has 3 heterocycles. The molecule has 0 saturated heterocycles. The lowest BCUT2D eigenvalue weighted by atomic mass is 10.0. The molecule has 0 amide bonds. The highest BCUT2D eigenvalue weighted by atomic mass is 16.4. The van der Waals surface area contributed by atoms with E-state index >= 15 is 0 Å². The number of fused-ring (bicyclic) bond motifs is 2. The number of allylic oxidation sites excluding steroid dienone is 1. The molecule has 0 spiro atoms. The number of carboxylic acid groups (broad SMARTS) is 2. The van der Waals surface area contributed by atoms with Gasteiger partial charge in [0.25, 0.3) is 0 Å². The predicted octanol–water partition coefficient (Wildman–Crippen LogP) is 0.597. The molecule has 0 aliphatic carbocycles. The molecule has 0 saturated carbocycles. The third-order valence-corrected chi connectivity index (χ3v) is 2.96. The molecule has 7 heteroatoms. The molecule has 0 fully saturated rings. The van der Waals surface area contributed by atoms with Gasteiger partial charge in [-0.2, -0.15) is 0 Å². The summed E-state index contributed by atoms with van der Waals surface area (Å²) in [6.45, 7) is 0. The third kappa shape index (κ3) is 1.52. The molecule has 1 aromatic heterocycles.